The molecule has 0 spiro atoms. The fourth-order valence-corrected chi connectivity index (χ4v) is 2.79. The third-order valence-corrected chi connectivity index (χ3v) is 4.17. The first-order chi connectivity index (χ1) is 9.65. The Hall–Kier alpha value is -1.39. The Morgan fingerprint density at radius 2 is 1.95 bits per heavy atom. The lowest BCUT2D eigenvalue weighted by atomic mass is 9.99. The van der Waals surface area contributed by atoms with Crippen molar-refractivity contribution in [3.05, 3.63) is 35.9 Å². The van der Waals surface area contributed by atoms with Crippen LogP contribution in [0.3, 0.4) is 0 Å². The van der Waals surface area contributed by atoms with Crippen LogP contribution in [0.5, 0.6) is 0 Å². The smallest absolute Gasteiger partial charge is 0.236 e. The van der Waals surface area contributed by atoms with Crippen molar-refractivity contribution in [2.75, 3.05) is 20.2 Å². The Balaban J connectivity index is 1.82. The molecule has 2 rings (SSSR count). The number of amides is 1. The molecule has 1 amide bonds. The van der Waals surface area contributed by atoms with Gasteiger partial charge in [0.25, 0.3) is 0 Å². The number of aliphatic hydroxyl groups excluding tert-OH is 1. The topological polar surface area (TPSA) is 52.6 Å². The fraction of sp³-hybridized carbons (Fsp3) is 0.562. The second kappa shape index (κ2) is 6.86. The van der Waals surface area contributed by atoms with Gasteiger partial charge in [0.05, 0.1) is 13.2 Å². The molecule has 1 aromatic carbocycles. The van der Waals surface area contributed by atoms with Crippen LogP contribution in [0.25, 0.3) is 0 Å². The zero-order valence-corrected chi connectivity index (χ0v) is 12.1. The summed E-state index contributed by atoms with van der Waals surface area (Å²) in [6.45, 7) is 1.03. The number of nitrogens with zero attached hydrogens (tertiary/aromatic N) is 1. The first-order valence-electron chi connectivity index (χ1n) is 7.29. The molecule has 110 valence electrons. The van der Waals surface area contributed by atoms with Crippen LogP contribution < -0.4 is 5.32 Å². The minimum atomic E-state index is -0.233. The monoisotopic (exact) mass is 276 g/mol. The molecule has 0 bridgehead atoms. The van der Waals surface area contributed by atoms with Crippen molar-refractivity contribution >= 4 is 5.91 Å². The van der Waals surface area contributed by atoms with E-state index in [0.29, 0.717) is 13.1 Å². The largest absolute Gasteiger partial charge is 0.394 e. The highest BCUT2D eigenvalue weighted by molar-refractivity contribution is 5.78. The van der Waals surface area contributed by atoms with Crippen LogP contribution in [0, 0.1) is 0 Å². The van der Waals surface area contributed by atoms with E-state index in [9.17, 15) is 9.90 Å². The molecule has 1 aliphatic carbocycles. The van der Waals surface area contributed by atoms with Crippen molar-refractivity contribution in [3.63, 3.8) is 0 Å². The fourth-order valence-electron chi connectivity index (χ4n) is 2.79. The highest BCUT2D eigenvalue weighted by Crippen LogP contribution is 2.28. The van der Waals surface area contributed by atoms with E-state index in [2.05, 4.69) is 5.32 Å². The summed E-state index contributed by atoms with van der Waals surface area (Å²) in [5.74, 6) is 0.0635. The maximum atomic E-state index is 12.1. The van der Waals surface area contributed by atoms with Crippen molar-refractivity contribution in [1.82, 2.24) is 10.2 Å². The minimum absolute atomic E-state index is 0.0635. The zero-order valence-electron chi connectivity index (χ0n) is 12.1. The number of rotatable bonds is 6. The summed E-state index contributed by atoms with van der Waals surface area (Å²) >= 11 is 0. The number of aliphatic hydroxyl groups is 1. The van der Waals surface area contributed by atoms with Gasteiger partial charge in [-0.3, -0.25) is 4.79 Å². The summed E-state index contributed by atoms with van der Waals surface area (Å²) < 4.78 is 0. The first kappa shape index (κ1) is 15.0. The summed E-state index contributed by atoms with van der Waals surface area (Å²) in [5.41, 5.74) is 0.893. The van der Waals surface area contributed by atoms with E-state index >= 15 is 0 Å². The molecule has 0 aliphatic heterocycles. The summed E-state index contributed by atoms with van der Waals surface area (Å²) in [6, 6.07) is 9.96. The normalized spacial score (nSPS) is 17.1. The molecular weight excluding hydrogens is 252 g/mol. The summed E-state index contributed by atoms with van der Waals surface area (Å²) in [4.78, 5) is 13.9. The van der Waals surface area contributed by atoms with Crippen LogP contribution in [-0.2, 0) is 11.3 Å². The lowest BCUT2D eigenvalue weighted by Gasteiger charge is -2.29. The van der Waals surface area contributed by atoms with Gasteiger partial charge in [-0.15, -0.1) is 0 Å². The molecule has 1 fully saturated rings. The summed E-state index contributed by atoms with van der Waals surface area (Å²) in [6.07, 6.45) is 4.17. The molecule has 0 aromatic heterocycles. The van der Waals surface area contributed by atoms with Crippen molar-refractivity contribution < 1.29 is 9.90 Å². The van der Waals surface area contributed by atoms with Gasteiger partial charge in [-0.25, -0.2) is 0 Å². The van der Waals surface area contributed by atoms with Crippen LogP contribution in [0.15, 0.2) is 30.3 Å². The number of hydrogen-bond donors (Lipinski definition) is 2. The second-order valence-corrected chi connectivity index (χ2v) is 5.73. The van der Waals surface area contributed by atoms with E-state index < -0.39 is 0 Å². The lowest BCUT2D eigenvalue weighted by Crippen LogP contribution is -2.50. The highest BCUT2D eigenvalue weighted by atomic mass is 16.3. The molecule has 0 saturated heterocycles. The minimum Gasteiger partial charge on any atom is -0.394 e. The Labute approximate surface area is 120 Å². The summed E-state index contributed by atoms with van der Waals surface area (Å²) in [5, 5.41) is 12.8. The third kappa shape index (κ3) is 3.81. The van der Waals surface area contributed by atoms with Gasteiger partial charge in [-0.05, 0) is 18.4 Å². The maximum absolute atomic E-state index is 12.1. The molecule has 4 heteroatoms. The number of carbonyl (C=O) groups excluding carboxylic acids is 1. The molecule has 1 saturated carbocycles. The van der Waals surface area contributed by atoms with Crippen molar-refractivity contribution in [2.24, 2.45) is 0 Å². The standard InChI is InChI=1S/C16H24N2O2/c1-18(12-14-7-3-2-4-8-14)15(20)11-17-16(13-19)9-5-6-10-16/h2-4,7-8,17,19H,5-6,9-13H2,1H3. The predicted molar refractivity (Wildman–Crippen MR) is 79.2 cm³/mol. The molecule has 0 atom stereocenters. The molecule has 1 aromatic rings. The Kier molecular flexibility index (Phi) is 5.15. The molecule has 0 heterocycles. The van der Waals surface area contributed by atoms with Crippen molar-refractivity contribution in [3.8, 4) is 0 Å². The van der Waals surface area contributed by atoms with Gasteiger partial charge in [0.2, 0.25) is 5.91 Å². The number of benzene rings is 1. The van der Waals surface area contributed by atoms with Gasteiger partial charge in [0.1, 0.15) is 0 Å². The van der Waals surface area contributed by atoms with E-state index in [1.54, 1.807) is 4.90 Å². The Morgan fingerprint density at radius 3 is 2.55 bits per heavy atom. The maximum Gasteiger partial charge on any atom is 0.236 e. The van der Waals surface area contributed by atoms with Crippen LogP contribution in [0.2, 0.25) is 0 Å². The molecule has 4 nitrogen and oxygen atoms in total. The lowest BCUT2D eigenvalue weighted by molar-refractivity contribution is -0.129. The first-order valence-corrected chi connectivity index (χ1v) is 7.29. The Bertz CT molecular complexity index is 427. The van der Waals surface area contributed by atoms with Gasteiger partial charge in [0, 0.05) is 19.1 Å². The number of likely N-dealkylation sites (N-methyl/N-ethyl adjacent to an activating group) is 1. The van der Waals surface area contributed by atoms with E-state index in [-0.39, 0.29) is 18.1 Å². The van der Waals surface area contributed by atoms with Gasteiger partial charge < -0.3 is 15.3 Å². The predicted octanol–water partition coefficient (Wildman–Crippen LogP) is 1.54. The highest BCUT2D eigenvalue weighted by Gasteiger charge is 2.33. The van der Waals surface area contributed by atoms with Crippen LogP contribution in [-0.4, -0.2) is 41.7 Å². The molecule has 0 radical (unpaired) electrons. The summed E-state index contributed by atoms with van der Waals surface area (Å²) in [7, 11) is 1.82. The van der Waals surface area contributed by atoms with Crippen LogP contribution in [0.1, 0.15) is 31.2 Å². The van der Waals surface area contributed by atoms with Gasteiger partial charge in [-0.1, -0.05) is 43.2 Å². The van der Waals surface area contributed by atoms with Crippen molar-refractivity contribution in [1.29, 1.82) is 0 Å². The molecule has 2 N–H and O–H groups in total. The number of carbonyl (C=O) groups is 1. The van der Waals surface area contributed by atoms with E-state index in [1.165, 1.54) is 0 Å². The van der Waals surface area contributed by atoms with Gasteiger partial charge in [-0.2, -0.15) is 0 Å². The van der Waals surface area contributed by atoms with Gasteiger partial charge >= 0.3 is 0 Å². The van der Waals surface area contributed by atoms with Crippen LogP contribution >= 0.6 is 0 Å². The van der Waals surface area contributed by atoms with Gasteiger partial charge in [0.15, 0.2) is 0 Å². The van der Waals surface area contributed by atoms with E-state index in [0.717, 1.165) is 31.2 Å². The SMILES string of the molecule is CN(Cc1ccccc1)C(=O)CNC1(CO)CCCC1. The quantitative estimate of drug-likeness (QED) is 0.828. The van der Waals surface area contributed by atoms with E-state index in [1.807, 2.05) is 37.4 Å². The van der Waals surface area contributed by atoms with Crippen LogP contribution in [0.4, 0.5) is 0 Å². The molecule has 1 aliphatic rings. The Morgan fingerprint density at radius 1 is 1.30 bits per heavy atom. The zero-order chi connectivity index (χ0) is 14.4. The average molecular weight is 276 g/mol. The number of nitrogens with one attached hydrogen (secondary N) is 1. The number of hydrogen-bond acceptors (Lipinski definition) is 3. The average Bonchev–Trinajstić information content (AvgIpc) is 2.95. The molecule has 0 unspecified atom stereocenters. The third-order valence-electron chi connectivity index (χ3n) is 4.17. The second-order valence-electron chi connectivity index (χ2n) is 5.73. The molecular formula is C16H24N2O2. The van der Waals surface area contributed by atoms with Crippen molar-refractivity contribution in [2.45, 2.75) is 37.8 Å². The van der Waals surface area contributed by atoms with E-state index in [4.69, 9.17) is 0 Å². The molecule has 20 heavy (non-hydrogen) atoms.